The Hall–Kier alpha value is -1.81. The first-order chi connectivity index (χ1) is 10.1. The average molecular weight is 303 g/mol. The number of anilines is 1. The molecule has 112 valence electrons. The van der Waals surface area contributed by atoms with Crippen LogP contribution in [0.1, 0.15) is 16.7 Å². The summed E-state index contributed by atoms with van der Waals surface area (Å²) in [5.41, 5.74) is 10.5. The molecule has 21 heavy (non-hydrogen) atoms. The van der Waals surface area contributed by atoms with E-state index in [1.807, 2.05) is 31.2 Å². The van der Waals surface area contributed by atoms with E-state index in [0.29, 0.717) is 0 Å². The molecule has 0 radical (unpaired) electrons. The molecule has 0 amide bonds. The van der Waals surface area contributed by atoms with Crippen molar-refractivity contribution in [2.24, 2.45) is 0 Å². The van der Waals surface area contributed by atoms with Crippen molar-refractivity contribution in [3.63, 3.8) is 0 Å². The zero-order chi connectivity index (χ0) is 15.4. The molecule has 2 N–H and O–H groups in total. The fourth-order valence-corrected chi connectivity index (χ4v) is 3.23. The topological polar surface area (TPSA) is 44.5 Å². The zero-order valence-corrected chi connectivity index (χ0v) is 13.7. The van der Waals surface area contributed by atoms with Crippen LogP contribution in [0.25, 0.3) is 0 Å². The van der Waals surface area contributed by atoms with Gasteiger partial charge in [-0.15, -0.1) is 11.8 Å². The maximum atomic E-state index is 6.12. The highest BCUT2D eigenvalue weighted by Gasteiger charge is 2.10. The molecule has 2 rings (SSSR count). The van der Waals surface area contributed by atoms with E-state index in [-0.39, 0.29) is 0 Å². The van der Waals surface area contributed by atoms with Gasteiger partial charge in [-0.2, -0.15) is 0 Å². The molecule has 0 saturated heterocycles. The molecule has 0 aromatic heterocycles. The summed E-state index contributed by atoms with van der Waals surface area (Å²) in [4.78, 5) is 1.11. The first-order valence-electron chi connectivity index (χ1n) is 6.76. The number of rotatable bonds is 5. The summed E-state index contributed by atoms with van der Waals surface area (Å²) in [7, 11) is 3.31. The summed E-state index contributed by atoms with van der Waals surface area (Å²) < 4.78 is 10.7. The maximum absolute atomic E-state index is 6.12. The lowest BCUT2D eigenvalue weighted by Gasteiger charge is -2.13. The van der Waals surface area contributed by atoms with Gasteiger partial charge in [0.25, 0.3) is 0 Å². The van der Waals surface area contributed by atoms with E-state index in [4.69, 9.17) is 15.2 Å². The lowest BCUT2D eigenvalue weighted by atomic mass is 10.1. The van der Waals surface area contributed by atoms with Crippen molar-refractivity contribution in [1.29, 1.82) is 0 Å². The molecule has 0 aliphatic carbocycles. The third-order valence-electron chi connectivity index (χ3n) is 3.51. The van der Waals surface area contributed by atoms with Crippen molar-refractivity contribution in [3.05, 3.63) is 47.0 Å². The highest BCUT2D eigenvalue weighted by Crippen LogP contribution is 2.35. The first kappa shape index (κ1) is 15.6. The number of para-hydroxylation sites is 1. The van der Waals surface area contributed by atoms with E-state index in [2.05, 4.69) is 13.0 Å². The number of ether oxygens (including phenoxy) is 2. The molecule has 0 unspecified atom stereocenters. The van der Waals surface area contributed by atoms with Crippen LogP contribution in [0.2, 0.25) is 0 Å². The molecule has 4 heteroatoms. The van der Waals surface area contributed by atoms with Gasteiger partial charge in [-0.3, -0.25) is 0 Å². The van der Waals surface area contributed by atoms with Gasteiger partial charge in [-0.1, -0.05) is 12.1 Å². The number of thioether (sulfide) groups is 1. The normalized spacial score (nSPS) is 10.5. The van der Waals surface area contributed by atoms with Crippen LogP contribution in [0.4, 0.5) is 5.69 Å². The highest BCUT2D eigenvalue weighted by molar-refractivity contribution is 7.98. The Kier molecular flexibility index (Phi) is 5.02. The van der Waals surface area contributed by atoms with E-state index in [0.717, 1.165) is 33.4 Å². The van der Waals surface area contributed by atoms with E-state index < -0.39 is 0 Å². The van der Waals surface area contributed by atoms with Crippen LogP contribution in [-0.2, 0) is 5.75 Å². The van der Waals surface area contributed by atoms with Crippen molar-refractivity contribution < 1.29 is 9.47 Å². The average Bonchev–Trinajstić information content (AvgIpc) is 2.49. The van der Waals surface area contributed by atoms with E-state index in [1.165, 1.54) is 11.1 Å². The Labute approximate surface area is 130 Å². The van der Waals surface area contributed by atoms with Crippen LogP contribution in [0.3, 0.4) is 0 Å². The minimum Gasteiger partial charge on any atom is -0.493 e. The van der Waals surface area contributed by atoms with Gasteiger partial charge in [0.05, 0.1) is 14.2 Å². The van der Waals surface area contributed by atoms with Crippen LogP contribution < -0.4 is 15.2 Å². The minimum absolute atomic E-state index is 0.760. The van der Waals surface area contributed by atoms with Crippen LogP contribution in [0.15, 0.2) is 35.2 Å². The van der Waals surface area contributed by atoms with Crippen molar-refractivity contribution >= 4 is 17.4 Å². The molecule has 0 aliphatic heterocycles. The summed E-state index contributed by atoms with van der Waals surface area (Å²) in [6, 6.07) is 10.2. The van der Waals surface area contributed by atoms with Gasteiger partial charge in [0, 0.05) is 16.3 Å². The quantitative estimate of drug-likeness (QED) is 0.664. The number of hydrogen-bond donors (Lipinski definition) is 1. The number of benzene rings is 2. The standard InChI is InChI=1S/C17H21NO2S/c1-11-6-5-7-16(17(11)18)21-10-13-9-15(20-4)14(19-3)8-12(13)2/h5-9H,10,18H2,1-4H3. The minimum atomic E-state index is 0.760. The number of nitrogens with two attached hydrogens (primary N) is 1. The number of aryl methyl sites for hydroxylation is 2. The van der Waals surface area contributed by atoms with Gasteiger partial charge in [0.1, 0.15) is 0 Å². The van der Waals surface area contributed by atoms with Crippen LogP contribution in [0.5, 0.6) is 11.5 Å². The monoisotopic (exact) mass is 303 g/mol. The van der Waals surface area contributed by atoms with Crippen LogP contribution in [0, 0.1) is 13.8 Å². The van der Waals surface area contributed by atoms with E-state index in [9.17, 15) is 0 Å². The Balaban J connectivity index is 2.22. The summed E-state index contributed by atoms with van der Waals surface area (Å²) in [5, 5.41) is 0. The van der Waals surface area contributed by atoms with Crippen molar-refractivity contribution in [2.75, 3.05) is 20.0 Å². The molecule has 0 saturated carbocycles. The van der Waals surface area contributed by atoms with Gasteiger partial charge in [-0.25, -0.2) is 0 Å². The van der Waals surface area contributed by atoms with Crippen molar-refractivity contribution in [2.45, 2.75) is 24.5 Å². The SMILES string of the molecule is COc1cc(C)c(CSc2cccc(C)c2N)cc1OC. The smallest absolute Gasteiger partial charge is 0.161 e. The number of hydrogen-bond acceptors (Lipinski definition) is 4. The lowest BCUT2D eigenvalue weighted by molar-refractivity contribution is 0.354. The second-order valence-corrected chi connectivity index (χ2v) is 5.93. The van der Waals surface area contributed by atoms with Gasteiger partial charge >= 0.3 is 0 Å². The molecule has 0 fully saturated rings. The Bertz CT molecular complexity index is 641. The molecular formula is C17H21NO2S. The second-order valence-electron chi connectivity index (χ2n) is 4.91. The second kappa shape index (κ2) is 6.76. The van der Waals surface area contributed by atoms with Crippen molar-refractivity contribution in [1.82, 2.24) is 0 Å². The third-order valence-corrected chi connectivity index (χ3v) is 4.63. The number of nitrogen functional groups attached to an aromatic ring is 1. The van der Waals surface area contributed by atoms with Gasteiger partial charge < -0.3 is 15.2 Å². The molecule has 0 atom stereocenters. The maximum Gasteiger partial charge on any atom is 0.161 e. The molecular weight excluding hydrogens is 282 g/mol. The Morgan fingerprint density at radius 2 is 1.67 bits per heavy atom. The zero-order valence-electron chi connectivity index (χ0n) is 12.9. The fraction of sp³-hybridized carbons (Fsp3) is 0.294. The third kappa shape index (κ3) is 3.45. The first-order valence-corrected chi connectivity index (χ1v) is 7.74. The fourth-order valence-electron chi connectivity index (χ4n) is 2.11. The number of methoxy groups -OCH3 is 2. The molecule has 2 aromatic rings. The Morgan fingerprint density at radius 1 is 1.00 bits per heavy atom. The lowest BCUT2D eigenvalue weighted by Crippen LogP contribution is -1.96. The molecule has 0 heterocycles. The van der Waals surface area contributed by atoms with Gasteiger partial charge in [0.15, 0.2) is 11.5 Å². The van der Waals surface area contributed by atoms with Gasteiger partial charge in [0.2, 0.25) is 0 Å². The summed E-state index contributed by atoms with van der Waals surface area (Å²) in [6.07, 6.45) is 0. The van der Waals surface area contributed by atoms with Crippen molar-refractivity contribution in [3.8, 4) is 11.5 Å². The van der Waals surface area contributed by atoms with E-state index in [1.54, 1.807) is 26.0 Å². The van der Waals surface area contributed by atoms with Crippen LogP contribution >= 0.6 is 11.8 Å². The molecule has 3 nitrogen and oxygen atoms in total. The van der Waals surface area contributed by atoms with Gasteiger partial charge in [-0.05, 0) is 48.7 Å². The highest BCUT2D eigenvalue weighted by atomic mass is 32.2. The summed E-state index contributed by atoms with van der Waals surface area (Å²) in [6.45, 7) is 4.11. The molecule has 0 aliphatic rings. The Morgan fingerprint density at radius 3 is 2.33 bits per heavy atom. The predicted molar refractivity (Wildman–Crippen MR) is 89.4 cm³/mol. The predicted octanol–water partition coefficient (Wildman–Crippen LogP) is 4.20. The van der Waals surface area contributed by atoms with E-state index >= 15 is 0 Å². The largest absolute Gasteiger partial charge is 0.493 e. The molecule has 0 bridgehead atoms. The molecule has 2 aromatic carbocycles. The summed E-state index contributed by atoms with van der Waals surface area (Å²) in [5.74, 6) is 2.37. The molecule has 0 spiro atoms. The van der Waals surface area contributed by atoms with Crippen LogP contribution in [-0.4, -0.2) is 14.2 Å². The summed E-state index contributed by atoms with van der Waals surface area (Å²) >= 11 is 1.74.